The number of benzene rings is 1. The molecule has 0 aliphatic carbocycles. The van der Waals surface area contributed by atoms with Gasteiger partial charge in [-0.2, -0.15) is 0 Å². The highest BCUT2D eigenvalue weighted by Crippen LogP contribution is 2.41. The molecule has 1 aromatic heterocycles. The predicted octanol–water partition coefficient (Wildman–Crippen LogP) is 3.67. The van der Waals surface area contributed by atoms with Crippen LogP contribution in [0.5, 0.6) is 17.2 Å². The SMILES string of the molecule is CCN(CC)CCN(C)c1ccc(C2=NCN(c3cc(OC)c(OC)c(OC)c3)C=C2)cn1. The van der Waals surface area contributed by atoms with Crippen LogP contribution in [0.4, 0.5) is 11.5 Å². The lowest BCUT2D eigenvalue weighted by atomic mass is 10.1. The zero-order chi connectivity index (χ0) is 23.8. The fraction of sp³-hybridized carbons (Fsp3) is 0.440. The Bertz CT molecular complexity index is 946. The molecule has 3 rings (SSSR count). The molecule has 0 N–H and O–H groups in total. The van der Waals surface area contributed by atoms with Gasteiger partial charge in [-0.1, -0.05) is 13.8 Å². The Labute approximate surface area is 197 Å². The normalized spacial score (nSPS) is 13.2. The summed E-state index contributed by atoms with van der Waals surface area (Å²) in [6.45, 7) is 8.97. The summed E-state index contributed by atoms with van der Waals surface area (Å²) in [6.07, 6.45) is 5.89. The van der Waals surface area contributed by atoms with Gasteiger partial charge < -0.3 is 28.9 Å². The summed E-state index contributed by atoms with van der Waals surface area (Å²) < 4.78 is 16.3. The summed E-state index contributed by atoms with van der Waals surface area (Å²) in [6, 6.07) is 7.96. The largest absolute Gasteiger partial charge is 0.493 e. The smallest absolute Gasteiger partial charge is 0.203 e. The number of aliphatic imine (C=N–C) groups is 1. The van der Waals surface area contributed by atoms with Crippen molar-refractivity contribution in [1.82, 2.24) is 9.88 Å². The van der Waals surface area contributed by atoms with Crippen molar-refractivity contribution in [2.45, 2.75) is 13.8 Å². The Morgan fingerprint density at radius 2 is 1.67 bits per heavy atom. The lowest BCUT2D eigenvalue weighted by Crippen LogP contribution is -2.33. The Morgan fingerprint density at radius 3 is 2.15 bits per heavy atom. The van der Waals surface area contributed by atoms with Gasteiger partial charge in [0.25, 0.3) is 0 Å². The van der Waals surface area contributed by atoms with Crippen LogP contribution in [0, 0.1) is 0 Å². The maximum atomic E-state index is 5.47. The van der Waals surface area contributed by atoms with Crippen molar-refractivity contribution in [2.24, 2.45) is 4.99 Å². The molecule has 8 nitrogen and oxygen atoms in total. The van der Waals surface area contributed by atoms with E-state index in [0.717, 1.165) is 49.0 Å². The second-order valence-electron chi connectivity index (χ2n) is 7.71. The average molecular weight is 454 g/mol. The van der Waals surface area contributed by atoms with Gasteiger partial charge in [-0.3, -0.25) is 4.99 Å². The highest BCUT2D eigenvalue weighted by molar-refractivity contribution is 6.09. The number of nitrogens with zero attached hydrogens (tertiary/aromatic N) is 5. The highest BCUT2D eigenvalue weighted by Gasteiger charge is 2.17. The predicted molar refractivity (Wildman–Crippen MR) is 134 cm³/mol. The molecule has 0 radical (unpaired) electrons. The second-order valence-corrected chi connectivity index (χ2v) is 7.71. The zero-order valence-electron chi connectivity index (χ0n) is 20.5. The van der Waals surface area contributed by atoms with Crippen LogP contribution < -0.4 is 24.0 Å². The van der Waals surface area contributed by atoms with Crippen molar-refractivity contribution in [3.63, 3.8) is 0 Å². The molecule has 0 saturated carbocycles. The van der Waals surface area contributed by atoms with E-state index in [-0.39, 0.29) is 0 Å². The van der Waals surface area contributed by atoms with E-state index >= 15 is 0 Å². The van der Waals surface area contributed by atoms with E-state index < -0.39 is 0 Å². The third-order valence-corrected chi connectivity index (χ3v) is 5.87. The first kappa shape index (κ1) is 24.4. The van der Waals surface area contributed by atoms with Crippen LogP contribution in [0.25, 0.3) is 0 Å². The van der Waals surface area contributed by atoms with Crippen molar-refractivity contribution >= 4 is 17.2 Å². The van der Waals surface area contributed by atoms with Crippen LogP contribution in [0.1, 0.15) is 19.4 Å². The fourth-order valence-electron chi connectivity index (χ4n) is 3.71. The van der Waals surface area contributed by atoms with Gasteiger partial charge in [-0.25, -0.2) is 4.98 Å². The van der Waals surface area contributed by atoms with Gasteiger partial charge in [0.05, 0.1) is 27.0 Å². The number of aromatic nitrogens is 1. The van der Waals surface area contributed by atoms with E-state index in [1.165, 1.54) is 0 Å². The minimum absolute atomic E-state index is 0.482. The van der Waals surface area contributed by atoms with E-state index in [1.807, 2.05) is 35.5 Å². The van der Waals surface area contributed by atoms with Gasteiger partial charge in [0.1, 0.15) is 12.5 Å². The molecule has 178 valence electrons. The van der Waals surface area contributed by atoms with Gasteiger partial charge in [-0.15, -0.1) is 0 Å². The van der Waals surface area contributed by atoms with Gasteiger partial charge in [0.15, 0.2) is 11.5 Å². The lowest BCUT2D eigenvalue weighted by molar-refractivity contribution is 0.311. The Hall–Kier alpha value is -3.26. The van der Waals surface area contributed by atoms with Crippen LogP contribution in [0.3, 0.4) is 0 Å². The van der Waals surface area contributed by atoms with E-state index in [4.69, 9.17) is 19.2 Å². The molecule has 0 fully saturated rings. The third-order valence-electron chi connectivity index (χ3n) is 5.87. The molecule has 8 heteroatoms. The molecule has 0 unspecified atom stereocenters. The zero-order valence-corrected chi connectivity index (χ0v) is 20.5. The summed E-state index contributed by atoms with van der Waals surface area (Å²) in [5.74, 6) is 2.76. The number of anilines is 2. The molecule has 1 aliphatic rings. The van der Waals surface area contributed by atoms with Crippen molar-refractivity contribution in [2.75, 3.05) is 71.0 Å². The monoisotopic (exact) mass is 453 g/mol. The van der Waals surface area contributed by atoms with E-state index in [1.54, 1.807) is 21.3 Å². The first-order valence-electron chi connectivity index (χ1n) is 11.2. The lowest BCUT2D eigenvalue weighted by Gasteiger charge is -2.25. The van der Waals surface area contributed by atoms with Crippen LogP contribution in [-0.4, -0.2) is 76.8 Å². The van der Waals surface area contributed by atoms with Crippen LogP contribution in [0.15, 0.2) is 47.7 Å². The first-order chi connectivity index (χ1) is 16.0. The molecule has 2 heterocycles. The summed E-state index contributed by atoms with van der Waals surface area (Å²) >= 11 is 0. The molecule has 33 heavy (non-hydrogen) atoms. The summed E-state index contributed by atoms with van der Waals surface area (Å²) in [5, 5.41) is 0. The minimum Gasteiger partial charge on any atom is -0.493 e. The number of methoxy groups -OCH3 is 3. The number of hydrogen-bond donors (Lipinski definition) is 0. The molecule has 1 aliphatic heterocycles. The summed E-state index contributed by atoms with van der Waals surface area (Å²) in [4.78, 5) is 16.0. The highest BCUT2D eigenvalue weighted by atomic mass is 16.5. The molecule has 2 aromatic rings. The molecule has 0 spiro atoms. The van der Waals surface area contributed by atoms with Crippen LogP contribution >= 0.6 is 0 Å². The van der Waals surface area contributed by atoms with Gasteiger partial charge in [-0.05, 0) is 31.3 Å². The molecule has 0 atom stereocenters. The molecular formula is C25H35N5O3. The van der Waals surface area contributed by atoms with E-state index in [9.17, 15) is 0 Å². The Balaban J connectivity index is 1.67. The number of rotatable bonds is 11. The maximum absolute atomic E-state index is 5.47. The first-order valence-corrected chi connectivity index (χ1v) is 11.2. The van der Waals surface area contributed by atoms with E-state index in [2.05, 4.69) is 47.8 Å². The van der Waals surface area contributed by atoms with Crippen molar-refractivity contribution < 1.29 is 14.2 Å². The van der Waals surface area contributed by atoms with Gasteiger partial charge in [0, 0.05) is 55.9 Å². The Kier molecular flexibility index (Phi) is 8.54. The molecule has 0 saturated heterocycles. The number of hydrogen-bond acceptors (Lipinski definition) is 8. The maximum Gasteiger partial charge on any atom is 0.203 e. The molecule has 1 aromatic carbocycles. The van der Waals surface area contributed by atoms with Crippen LogP contribution in [-0.2, 0) is 0 Å². The number of allylic oxidation sites excluding steroid dienone is 1. The van der Waals surface area contributed by atoms with Crippen molar-refractivity contribution in [3.05, 3.63) is 48.3 Å². The number of ether oxygens (including phenoxy) is 3. The average Bonchev–Trinajstić information content (AvgIpc) is 2.88. The molecular weight excluding hydrogens is 418 g/mol. The third kappa shape index (κ3) is 5.76. The van der Waals surface area contributed by atoms with Crippen molar-refractivity contribution in [1.29, 1.82) is 0 Å². The fourth-order valence-corrected chi connectivity index (χ4v) is 3.71. The Morgan fingerprint density at radius 1 is 0.970 bits per heavy atom. The molecule has 0 bridgehead atoms. The second kappa shape index (κ2) is 11.6. The number of pyridine rings is 1. The van der Waals surface area contributed by atoms with Gasteiger partial charge in [0.2, 0.25) is 5.75 Å². The molecule has 0 amide bonds. The van der Waals surface area contributed by atoms with E-state index in [0.29, 0.717) is 23.9 Å². The summed E-state index contributed by atoms with van der Waals surface area (Å²) in [7, 11) is 6.90. The quantitative estimate of drug-likeness (QED) is 0.514. The minimum atomic E-state index is 0.482. The summed E-state index contributed by atoms with van der Waals surface area (Å²) in [5.41, 5.74) is 2.81. The topological polar surface area (TPSA) is 62.7 Å². The van der Waals surface area contributed by atoms with Gasteiger partial charge >= 0.3 is 0 Å². The number of likely N-dealkylation sites (N-methyl/N-ethyl adjacent to an activating group) is 2. The standard InChI is InChI=1S/C25H35N5O3/c1-7-29(8-2)14-13-28(3)24-10-9-19(17-26-24)21-11-12-30(18-27-21)20-15-22(31-4)25(33-6)23(16-20)32-5/h9-12,15-17H,7-8,13-14,18H2,1-6H3. The van der Waals surface area contributed by atoms with Crippen LogP contribution in [0.2, 0.25) is 0 Å². The van der Waals surface area contributed by atoms with Crippen molar-refractivity contribution in [3.8, 4) is 17.2 Å².